The van der Waals surface area contributed by atoms with Gasteiger partial charge in [0.25, 0.3) is 5.91 Å². The zero-order chi connectivity index (χ0) is 13.8. The summed E-state index contributed by atoms with van der Waals surface area (Å²) in [5, 5.41) is 11.4. The second kappa shape index (κ2) is 5.71. The molecule has 6 heteroatoms. The van der Waals surface area contributed by atoms with Crippen LogP contribution in [-0.4, -0.2) is 28.7 Å². The Bertz CT molecular complexity index is 576. The summed E-state index contributed by atoms with van der Waals surface area (Å²) in [5.41, 5.74) is 2.07. The number of carbonyl (C=O) groups is 2. The van der Waals surface area contributed by atoms with Gasteiger partial charge in [-0.2, -0.15) is 0 Å². The average molecular weight is 276 g/mol. The number of amidine groups is 1. The molecule has 98 valence electrons. The number of amides is 1. The summed E-state index contributed by atoms with van der Waals surface area (Å²) >= 11 is 1.15. The Balaban J connectivity index is 2.13. The number of aryl methyl sites for hydroxylation is 1. The molecule has 0 radical (unpaired) electrons. The minimum Gasteiger partial charge on any atom is -0.480 e. The van der Waals surface area contributed by atoms with Crippen molar-refractivity contribution < 1.29 is 14.7 Å². The second-order valence-electron chi connectivity index (χ2n) is 3.99. The summed E-state index contributed by atoms with van der Waals surface area (Å²) in [4.78, 5) is 26.4. The summed E-state index contributed by atoms with van der Waals surface area (Å²) in [5.74, 6) is -1.28. The molecule has 1 aliphatic rings. The molecule has 19 heavy (non-hydrogen) atoms. The van der Waals surface area contributed by atoms with Crippen LogP contribution in [0.4, 0.5) is 0 Å². The first kappa shape index (κ1) is 13.4. The lowest BCUT2D eigenvalue weighted by Crippen LogP contribution is -2.20. The van der Waals surface area contributed by atoms with Crippen LogP contribution in [0, 0.1) is 6.92 Å². The van der Waals surface area contributed by atoms with Crippen molar-refractivity contribution in [1.29, 1.82) is 0 Å². The van der Waals surface area contributed by atoms with Gasteiger partial charge in [0.1, 0.15) is 6.54 Å². The standard InChI is InChI=1S/C13H12N2O3S/c1-8-2-4-9(5-3-8)6-10-12(18)15-13(19-10)14-7-11(16)17/h2-6H,7H2,1H3,(H,16,17)(H,14,15,18)/b10-6-. The summed E-state index contributed by atoms with van der Waals surface area (Å²) in [6.07, 6.45) is 1.75. The molecule has 0 aliphatic carbocycles. The number of aliphatic carboxylic acids is 1. The summed E-state index contributed by atoms with van der Waals surface area (Å²) in [6, 6.07) is 7.76. The number of aliphatic imine (C=N–C) groups is 1. The number of hydrogen-bond donors (Lipinski definition) is 2. The van der Waals surface area contributed by atoms with Gasteiger partial charge in [0.15, 0.2) is 5.17 Å². The van der Waals surface area contributed by atoms with Crippen LogP contribution < -0.4 is 5.32 Å². The van der Waals surface area contributed by atoms with E-state index < -0.39 is 5.97 Å². The third-order valence-electron chi connectivity index (χ3n) is 2.38. The Morgan fingerprint density at radius 2 is 2.11 bits per heavy atom. The molecule has 1 aliphatic heterocycles. The Labute approximate surface area is 114 Å². The predicted molar refractivity (Wildman–Crippen MR) is 74.8 cm³/mol. The van der Waals surface area contributed by atoms with Crippen LogP contribution >= 0.6 is 11.8 Å². The SMILES string of the molecule is Cc1ccc(/C=C2\SC(=NCC(=O)O)NC2=O)cc1. The number of carbonyl (C=O) groups excluding carboxylic acids is 1. The Kier molecular flexibility index (Phi) is 4.01. The molecule has 0 unspecified atom stereocenters. The fraction of sp³-hybridized carbons (Fsp3) is 0.154. The number of nitrogens with one attached hydrogen (secondary N) is 1. The molecule has 0 aromatic heterocycles. The van der Waals surface area contributed by atoms with E-state index in [4.69, 9.17) is 5.11 Å². The fourth-order valence-corrected chi connectivity index (χ4v) is 2.27. The van der Waals surface area contributed by atoms with Crippen molar-refractivity contribution in [3.05, 3.63) is 40.3 Å². The fourth-order valence-electron chi connectivity index (χ4n) is 1.46. The van der Waals surface area contributed by atoms with E-state index in [1.165, 1.54) is 0 Å². The van der Waals surface area contributed by atoms with E-state index in [1.807, 2.05) is 31.2 Å². The van der Waals surface area contributed by atoms with Gasteiger partial charge in [-0.05, 0) is 30.3 Å². The van der Waals surface area contributed by atoms with Crippen molar-refractivity contribution in [2.45, 2.75) is 6.92 Å². The minimum atomic E-state index is -1.03. The van der Waals surface area contributed by atoms with E-state index >= 15 is 0 Å². The average Bonchev–Trinajstić information content (AvgIpc) is 2.71. The normalized spacial score (nSPS) is 18.9. The van der Waals surface area contributed by atoms with Gasteiger partial charge in [-0.3, -0.25) is 14.6 Å². The second-order valence-corrected chi connectivity index (χ2v) is 5.02. The molecule has 1 saturated heterocycles. The van der Waals surface area contributed by atoms with Crippen LogP contribution in [0.2, 0.25) is 0 Å². The van der Waals surface area contributed by atoms with Crippen LogP contribution in [-0.2, 0) is 9.59 Å². The van der Waals surface area contributed by atoms with Gasteiger partial charge in [-0.15, -0.1) is 0 Å². The van der Waals surface area contributed by atoms with Gasteiger partial charge in [0, 0.05) is 0 Å². The van der Waals surface area contributed by atoms with Crippen molar-refractivity contribution in [3.63, 3.8) is 0 Å². The summed E-state index contributed by atoms with van der Waals surface area (Å²) in [6.45, 7) is 1.64. The van der Waals surface area contributed by atoms with E-state index in [9.17, 15) is 9.59 Å². The maximum atomic E-state index is 11.7. The van der Waals surface area contributed by atoms with Gasteiger partial charge in [-0.1, -0.05) is 29.8 Å². The molecule has 2 rings (SSSR count). The number of carboxylic acids is 1. The number of rotatable bonds is 3. The Hall–Kier alpha value is -2.08. The number of thioether (sulfide) groups is 1. The molecule has 1 amide bonds. The zero-order valence-electron chi connectivity index (χ0n) is 10.2. The summed E-state index contributed by atoms with van der Waals surface area (Å²) < 4.78 is 0. The van der Waals surface area contributed by atoms with Crippen molar-refractivity contribution in [1.82, 2.24) is 5.32 Å². The molecule has 5 nitrogen and oxygen atoms in total. The van der Waals surface area contributed by atoms with Crippen molar-refractivity contribution in [3.8, 4) is 0 Å². The molecule has 2 N–H and O–H groups in total. The highest BCUT2D eigenvalue weighted by atomic mass is 32.2. The first-order chi connectivity index (χ1) is 9.04. The van der Waals surface area contributed by atoms with Crippen molar-refractivity contribution in [2.75, 3.05) is 6.54 Å². The third-order valence-corrected chi connectivity index (χ3v) is 3.33. The highest BCUT2D eigenvalue weighted by molar-refractivity contribution is 8.18. The highest BCUT2D eigenvalue weighted by Gasteiger charge is 2.23. The molecule has 1 aromatic rings. The largest absolute Gasteiger partial charge is 0.480 e. The maximum absolute atomic E-state index is 11.7. The molecule has 0 atom stereocenters. The topological polar surface area (TPSA) is 78.8 Å². The molecule has 1 fully saturated rings. The Morgan fingerprint density at radius 3 is 2.74 bits per heavy atom. The van der Waals surface area contributed by atoms with Gasteiger partial charge in [0.2, 0.25) is 0 Å². The summed E-state index contributed by atoms with van der Waals surface area (Å²) in [7, 11) is 0. The quantitative estimate of drug-likeness (QED) is 0.823. The highest BCUT2D eigenvalue weighted by Crippen LogP contribution is 2.25. The van der Waals surface area contributed by atoms with Crippen molar-refractivity contribution >= 4 is 34.9 Å². The molecule has 1 heterocycles. The lowest BCUT2D eigenvalue weighted by Gasteiger charge is -1.95. The van der Waals surface area contributed by atoms with E-state index in [2.05, 4.69) is 10.3 Å². The van der Waals surface area contributed by atoms with E-state index in [0.29, 0.717) is 10.1 Å². The zero-order valence-corrected chi connectivity index (χ0v) is 11.0. The monoisotopic (exact) mass is 276 g/mol. The van der Waals surface area contributed by atoms with Crippen LogP contribution in [0.15, 0.2) is 34.2 Å². The molecule has 0 spiro atoms. The molecule has 0 saturated carbocycles. The van der Waals surface area contributed by atoms with E-state index in [1.54, 1.807) is 6.08 Å². The predicted octanol–water partition coefficient (Wildman–Crippen LogP) is 1.64. The Morgan fingerprint density at radius 1 is 1.42 bits per heavy atom. The number of carboxylic acid groups (broad SMARTS) is 1. The van der Waals surface area contributed by atoms with Gasteiger partial charge in [0.05, 0.1) is 4.91 Å². The maximum Gasteiger partial charge on any atom is 0.325 e. The first-order valence-corrected chi connectivity index (χ1v) is 6.40. The first-order valence-electron chi connectivity index (χ1n) is 5.58. The minimum absolute atomic E-state index is 0.255. The molecular weight excluding hydrogens is 264 g/mol. The van der Waals surface area contributed by atoms with Gasteiger partial charge >= 0.3 is 5.97 Å². The molecule has 1 aromatic carbocycles. The number of benzene rings is 1. The number of hydrogen-bond acceptors (Lipinski definition) is 4. The van der Waals surface area contributed by atoms with E-state index in [-0.39, 0.29) is 12.5 Å². The van der Waals surface area contributed by atoms with Crippen LogP contribution in [0.3, 0.4) is 0 Å². The third kappa shape index (κ3) is 3.69. The lowest BCUT2D eigenvalue weighted by molar-refractivity contribution is -0.135. The van der Waals surface area contributed by atoms with Gasteiger partial charge < -0.3 is 10.4 Å². The van der Waals surface area contributed by atoms with Crippen LogP contribution in [0.5, 0.6) is 0 Å². The number of nitrogens with zero attached hydrogens (tertiary/aromatic N) is 1. The van der Waals surface area contributed by atoms with Crippen LogP contribution in [0.1, 0.15) is 11.1 Å². The molecular formula is C13H12N2O3S. The van der Waals surface area contributed by atoms with E-state index in [0.717, 1.165) is 22.9 Å². The van der Waals surface area contributed by atoms with Crippen molar-refractivity contribution in [2.24, 2.45) is 4.99 Å². The lowest BCUT2D eigenvalue weighted by atomic mass is 10.1. The van der Waals surface area contributed by atoms with Crippen LogP contribution in [0.25, 0.3) is 6.08 Å². The smallest absolute Gasteiger partial charge is 0.325 e. The molecule has 0 bridgehead atoms. The van der Waals surface area contributed by atoms with Gasteiger partial charge in [-0.25, -0.2) is 0 Å².